The van der Waals surface area contributed by atoms with Gasteiger partial charge in [0.2, 0.25) is 17.7 Å². The van der Waals surface area contributed by atoms with Crippen LogP contribution in [0, 0.1) is 17.0 Å². The van der Waals surface area contributed by atoms with Crippen molar-refractivity contribution in [1.82, 2.24) is 15.3 Å². The molecule has 10 heteroatoms. The fraction of sp³-hybridized carbons (Fsp3) is 0.444. The van der Waals surface area contributed by atoms with E-state index in [0.717, 1.165) is 0 Å². The Kier molecular flexibility index (Phi) is 4.53. The number of aromatic nitrogens is 2. The maximum atomic E-state index is 11.3. The third-order valence-corrected chi connectivity index (χ3v) is 2.37. The molecule has 104 valence electrons. The summed E-state index contributed by atoms with van der Waals surface area (Å²) in [5.74, 6) is 4.97. The molecule has 1 rings (SSSR count). The van der Waals surface area contributed by atoms with Gasteiger partial charge in [-0.1, -0.05) is 0 Å². The van der Waals surface area contributed by atoms with E-state index in [9.17, 15) is 14.9 Å². The van der Waals surface area contributed by atoms with Crippen molar-refractivity contribution in [3.05, 3.63) is 15.8 Å². The van der Waals surface area contributed by atoms with Gasteiger partial charge in [0.25, 0.3) is 0 Å². The topological polar surface area (TPSA) is 139 Å². The summed E-state index contributed by atoms with van der Waals surface area (Å²) in [4.78, 5) is 30.9. The number of anilines is 2. The van der Waals surface area contributed by atoms with Crippen molar-refractivity contribution in [2.24, 2.45) is 5.84 Å². The Labute approximate surface area is 109 Å². The Bertz CT molecular complexity index is 505. The lowest BCUT2D eigenvalue weighted by Crippen LogP contribution is -2.34. The first-order valence-corrected chi connectivity index (χ1v) is 5.32. The predicted octanol–water partition coefficient (Wildman–Crippen LogP) is -0.839. The number of rotatable bonds is 5. The van der Waals surface area contributed by atoms with Crippen molar-refractivity contribution in [1.29, 1.82) is 0 Å². The van der Waals surface area contributed by atoms with E-state index in [1.807, 2.05) is 0 Å². The van der Waals surface area contributed by atoms with E-state index in [1.165, 1.54) is 25.9 Å². The second kappa shape index (κ2) is 5.91. The molecule has 0 saturated heterocycles. The third-order valence-electron chi connectivity index (χ3n) is 2.37. The number of carbonyl (C=O) groups is 1. The highest BCUT2D eigenvalue weighted by Gasteiger charge is 2.25. The summed E-state index contributed by atoms with van der Waals surface area (Å²) in [6.45, 7) is 1.40. The summed E-state index contributed by atoms with van der Waals surface area (Å²) in [6, 6.07) is 0. The van der Waals surface area contributed by atoms with Crippen molar-refractivity contribution in [2.45, 2.75) is 6.92 Å². The largest absolute Gasteiger partial charge is 0.358 e. The van der Waals surface area contributed by atoms with Crippen LogP contribution >= 0.6 is 0 Å². The van der Waals surface area contributed by atoms with E-state index < -0.39 is 4.92 Å². The maximum Gasteiger partial charge on any atom is 0.332 e. The number of nitrogens with two attached hydrogens (primary N) is 1. The van der Waals surface area contributed by atoms with Gasteiger partial charge in [-0.05, 0) is 6.92 Å². The first-order chi connectivity index (χ1) is 8.90. The average Bonchev–Trinajstić information content (AvgIpc) is 2.36. The Hall–Kier alpha value is -2.49. The minimum absolute atomic E-state index is 0.0223. The van der Waals surface area contributed by atoms with Gasteiger partial charge in [-0.2, -0.15) is 4.98 Å². The highest BCUT2D eigenvalue weighted by molar-refractivity contribution is 5.81. The van der Waals surface area contributed by atoms with Crippen LogP contribution in [0.1, 0.15) is 5.69 Å². The molecule has 4 N–H and O–H groups in total. The number of likely N-dealkylation sites (N-methyl/N-ethyl adjacent to an activating group) is 2. The highest BCUT2D eigenvalue weighted by Crippen LogP contribution is 2.28. The summed E-state index contributed by atoms with van der Waals surface area (Å²) in [7, 11) is 2.99. The van der Waals surface area contributed by atoms with E-state index >= 15 is 0 Å². The van der Waals surface area contributed by atoms with Crippen LogP contribution in [0.5, 0.6) is 0 Å². The molecule has 0 unspecified atom stereocenters. The van der Waals surface area contributed by atoms with Gasteiger partial charge in [-0.15, -0.1) is 0 Å². The minimum Gasteiger partial charge on any atom is -0.358 e. The van der Waals surface area contributed by atoms with E-state index in [2.05, 4.69) is 20.7 Å². The molecule has 0 atom stereocenters. The van der Waals surface area contributed by atoms with E-state index in [1.54, 1.807) is 0 Å². The summed E-state index contributed by atoms with van der Waals surface area (Å²) in [6.07, 6.45) is 0. The van der Waals surface area contributed by atoms with Crippen LogP contribution in [0.25, 0.3) is 0 Å². The number of nitro groups is 1. The van der Waals surface area contributed by atoms with E-state index in [-0.39, 0.29) is 35.6 Å². The van der Waals surface area contributed by atoms with Gasteiger partial charge >= 0.3 is 5.69 Å². The normalized spacial score (nSPS) is 9.89. The monoisotopic (exact) mass is 269 g/mol. The molecular weight excluding hydrogens is 254 g/mol. The van der Waals surface area contributed by atoms with E-state index in [0.29, 0.717) is 0 Å². The van der Waals surface area contributed by atoms with Crippen molar-refractivity contribution in [2.75, 3.05) is 31.0 Å². The zero-order valence-corrected chi connectivity index (χ0v) is 10.8. The molecule has 0 fully saturated rings. The zero-order chi connectivity index (χ0) is 14.6. The number of nitrogens with zero attached hydrogens (tertiary/aromatic N) is 4. The fourth-order valence-corrected chi connectivity index (χ4v) is 1.47. The minimum atomic E-state index is -0.592. The SMILES string of the molecule is CNC(=O)CN(C)c1nc(NN)nc(C)c1[N+](=O)[O-]. The van der Waals surface area contributed by atoms with Gasteiger partial charge in [-0.3, -0.25) is 20.3 Å². The van der Waals surface area contributed by atoms with Crippen LogP contribution in [0.3, 0.4) is 0 Å². The lowest BCUT2D eigenvalue weighted by molar-refractivity contribution is -0.385. The Morgan fingerprint density at radius 3 is 2.63 bits per heavy atom. The van der Waals surface area contributed by atoms with Gasteiger partial charge in [0.05, 0.1) is 11.5 Å². The lowest BCUT2D eigenvalue weighted by Gasteiger charge is -2.18. The van der Waals surface area contributed by atoms with Crippen molar-refractivity contribution in [3.8, 4) is 0 Å². The molecule has 0 aliphatic rings. The molecule has 0 bridgehead atoms. The van der Waals surface area contributed by atoms with Crippen molar-refractivity contribution < 1.29 is 9.72 Å². The number of carbonyl (C=O) groups excluding carboxylic acids is 1. The molecule has 0 saturated carbocycles. The van der Waals surface area contributed by atoms with Gasteiger partial charge < -0.3 is 10.2 Å². The lowest BCUT2D eigenvalue weighted by atomic mass is 10.3. The summed E-state index contributed by atoms with van der Waals surface area (Å²) in [5.41, 5.74) is 2.12. The Morgan fingerprint density at radius 1 is 1.53 bits per heavy atom. The standard InChI is InChI=1S/C9H15N7O3/c1-5-7(16(18)19)8(13-9(12-5)14-10)15(3)4-6(17)11-2/h4,10H2,1-3H3,(H,11,17)(H,12,13,14). The second-order valence-electron chi connectivity index (χ2n) is 3.74. The number of aryl methyl sites for hydroxylation is 1. The van der Waals surface area contributed by atoms with Crippen LogP contribution < -0.4 is 21.5 Å². The van der Waals surface area contributed by atoms with Crippen molar-refractivity contribution in [3.63, 3.8) is 0 Å². The highest BCUT2D eigenvalue weighted by atomic mass is 16.6. The molecule has 10 nitrogen and oxygen atoms in total. The molecule has 0 spiro atoms. The Morgan fingerprint density at radius 2 is 2.16 bits per heavy atom. The summed E-state index contributed by atoms with van der Waals surface area (Å²) >= 11 is 0. The molecule has 1 heterocycles. The molecule has 1 amide bonds. The summed E-state index contributed by atoms with van der Waals surface area (Å²) < 4.78 is 0. The zero-order valence-electron chi connectivity index (χ0n) is 10.8. The smallest absolute Gasteiger partial charge is 0.332 e. The van der Waals surface area contributed by atoms with Crippen molar-refractivity contribution >= 4 is 23.4 Å². The quantitative estimate of drug-likeness (QED) is 0.357. The summed E-state index contributed by atoms with van der Waals surface area (Å²) in [5, 5.41) is 13.5. The number of hydrazine groups is 1. The van der Waals surface area contributed by atoms with Crippen LogP contribution in [0.2, 0.25) is 0 Å². The molecular formula is C9H15N7O3. The molecule has 19 heavy (non-hydrogen) atoms. The molecule has 0 radical (unpaired) electrons. The number of hydrogen-bond acceptors (Lipinski definition) is 8. The number of hydrogen-bond donors (Lipinski definition) is 3. The number of nitrogens with one attached hydrogen (secondary N) is 2. The average molecular weight is 269 g/mol. The van der Waals surface area contributed by atoms with Crippen LogP contribution in [0.4, 0.5) is 17.5 Å². The molecule has 1 aromatic heterocycles. The first-order valence-electron chi connectivity index (χ1n) is 5.32. The fourth-order valence-electron chi connectivity index (χ4n) is 1.47. The number of nitrogen functional groups attached to an aromatic ring is 1. The molecule has 1 aromatic rings. The number of amides is 1. The molecule has 0 aliphatic heterocycles. The Balaban J connectivity index is 3.26. The first kappa shape index (κ1) is 14.6. The van der Waals surface area contributed by atoms with Gasteiger partial charge in [-0.25, -0.2) is 10.8 Å². The van der Waals surface area contributed by atoms with E-state index in [4.69, 9.17) is 5.84 Å². The van der Waals surface area contributed by atoms with Gasteiger partial charge in [0.1, 0.15) is 5.69 Å². The van der Waals surface area contributed by atoms with Crippen LogP contribution in [0.15, 0.2) is 0 Å². The predicted molar refractivity (Wildman–Crippen MR) is 68.6 cm³/mol. The third kappa shape index (κ3) is 3.25. The molecule has 0 aromatic carbocycles. The maximum absolute atomic E-state index is 11.3. The second-order valence-corrected chi connectivity index (χ2v) is 3.74. The van der Waals surface area contributed by atoms with Crippen LogP contribution in [-0.4, -0.2) is 41.4 Å². The van der Waals surface area contributed by atoms with Gasteiger partial charge in [0.15, 0.2) is 0 Å². The van der Waals surface area contributed by atoms with Crippen LogP contribution in [-0.2, 0) is 4.79 Å². The molecule has 0 aliphatic carbocycles. The van der Waals surface area contributed by atoms with Gasteiger partial charge in [0, 0.05) is 14.1 Å².